The Labute approximate surface area is 114 Å². The van der Waals surface area contributed by atoms with Crippen LogP contribution in [0.4, 0.5) is 10.5 Å². The first-order valence-corrected chi connectivity index (χ1v) is 6.93. The van der Waals surface area contributed by atoms with Crippen LogP contribution >= 0.6 is 0 Å². The molecule has 104 valence electrons. The van der Waals surface area contributed by atoms with Crippen LogP contribution in [0.3, 0.4) is 0 Å². The number of rotatable bonds is 6. The van der Waals surface area contributed by atoms with Crippen molar-refractivity contribution in [3.05, 3.63) is 24.3 Å². The zero-order chi connectivity index (χ0) is 13.7. The molecule has 1 aromatic rings. The molecule has 1 N–H and O–H groups in total. The molecule has 1 aliphatic rings. The molecule has 0 spiro atoms. The van der Waals surface area contributed by atoms with Gasteiger partial charge in [0.2, 0.25) is 0 Å². The van der Waals surface area contributed by atoms with Gasteiger partial charge in [-0.1, -0.05) is 6.92 Å². The monoisotopic (exact) mass is 262 g/mol. The lowest BCUT2D eigenvalue weighted by Crippen LogP contribution is -2.37. The molecule has 2 amide bonds. The highest BCUT2D eigenvalue weighted by Crippen LogP contribution is 2.30. The summed E-state index contributed by atoms with van der Waals surface area (Å²) in [4.78, 5) is 14.1. The number of anilines is 1. The van der Waals surface area contributed by atoms with Gasteiger partial charge in [-0.15, -0.1) is 0 Å². The largest absolute Gasteiger partial charge is 0.497 e. The number of nitrogens with one attached hydrogen (secondary N) is 1. The molecule has 4 heteroatoms. The van der Waals surface area contributed by atoms with E-state index in [1.54, 1.807) is 7.11 Å². The number of amides is 2. The van der Waals surface area contributed by atoms with E-state index in [1.807, 2.05) is 29.2 Å². The highest BCUT2D eigenvalue weighted by Gasteiger charge is 2.26. The molecule has 2 rings (SSSR count). The molecule has 1 aliphatic carbocycles. The number of methoxy groups -OCH3 is 1. The van der Waals surface area contributed by atoms with Gasteiger partial charge in [-0.25, -0.2) is 4.79 Å². The Kier molecular flexibility index (Phi) is 4.66. The first-order valence-electron chi connectivity index (χ1n) is 6.93. The minimum atomic E-state index is -0.00100. The maximum Gasteiger partial charge on any atom is 0.321 e. The van der Waals surface area contributed by atoms with Gasteiger partial charge in [0.15, 0.2) is 0 Å². The molecule has 0 atom stereocenters. The van der Waals surface area contributed by atoms with Crippen LogP contribution in [0.15, 0.2) is 24.3 Å². The molecule has 4 nitrogen and oxygen atoms in total. The van der Waals surface area contributed by atoms with E-state index in [1.165, 1.54) is 12.8 Å². The van der Waals surface area contributed by atoms with Crippen molar-refractivity contribution in [3.63, 3.8) is 0 Å². The zero-order valence-corrected chi connectivity index (χ0v) is 11.7. The van der Waals surface area contributed by atoms with Gasteiger partial charge in [0.05, 0.1) is 7.11 Å². The molecule has 1 saturated carbocycles. The topological polar surface area (TPSA) is 41.6 Å². The SMILES string of the molecule is CCCN(CC1CC1)C(=O)Nc1ccc(OC)cc1. The average Bonchev–Trinajstić information content (AvgIpc) is 3.23. The third kappa shape index (κ3) is 4.16. The van der Waals surface area contributed by atoms with Crippen molar-refractivity contribution in [3.8, 4) is 5.75 Å². The number of benzene rings is 1. The molecular weight excluding hydrogens is 240 g/mol. The van der Waals surface area contributed by atoms with Crippen molar-refractivity contribution >= 4 is 11.7 Å². The summed E-state index contributed by atoms with van der Waals surface area (Å²) in [6.45, 7) is 3.80. The van der Waals surface area contributed by atoms with Crippen molar-refractivity contribution < 1.29 is 9.53 Å². The van der Waals surface area contributed by atoms with Gasteiger partial charge < -0.3 is 15.0 Å². The van der Waals surface area contributed by atoms with Crippen molar-refractivity contribution in [1.82, 2.24) is 4.90 Å². The van der Waals surface area contributed by atoms with Crippen LogP contribution in [0.1, 0.15) is 26.2 Å². The maximum atomic E-state index is 12.2. The Morgan fingerprint density at radius 3 is 2.58 bits per heavy atom. The fourth-order valence-corrected chi connectivity index (χ4v) is 2.03. The number of nitrogens with zero attached hydrogens (tertiary/aromatic N) is 1. The molecule has 0 aliphatic heterocycles. The summed E-state index contributed by atoms with van der Waals surface area (Å²) in [5, 5.41) is 2.94. The average molecular weight is 262 g/mol. The molecular formula is C15H22N2O2. The quantitative estimate of drug-likeness (QED) is 0.854. The van der Waals surface area contributed by atoms with E-state index in [-0.39, 0.29) is 6.03 Å². The number of carbonyl (C=O) groups is 1. The Hall–Kier alpha value is -1.71. The molecule has 0 aromatic heterocycles. The van der Waals surface area contributed by atoms with Gasteiger partial charge in [-0.05, 0) is 49.4 Å². The van der Waals surface area contributed by atoms with Crippen LogP contribution in [0, 0.1) is 5.92 Å². The molecule has 1 aromatic carbocycles. The molecule has 0 unspecified atom stereocenters. The van der Waals surface area contributed by atoms with Crippen molar-refractivity contribution in [2.75, 3.05) is 25.5 Å². The Morgan fingerprint density at radius 1 is 1.37 bits per heavy atom. The van der Waals surface area contributed by atoms with Gasteiger partial charge in [0, 0.05) is 18.8 Å². The lowest BCUT2D eigenvalue weighted by Gasteiger charge is -2.22. The Morgan fingerprint density at radius 2 is 2.05 bits per heavy atom. The van der Waals surface area contributed by atoms with Crippen LogP contribution in [-0.4, -0.2) is 31.1 Å². The first kappa shape index (κ1) is 13.7. The molecule has 0 radical (unpaired) electrons. The van der Waals surface area contributed by atoms with Crippen molar-refractivity contribution in [2.45, 2.75) is 26.2 Å². The second-order valence-corrected chi connectivity index (χ2v) is 5.05. The van der Waals surface area contributed by atoms with E-state index in [2.05, 4.69) is 12.2 Å². The van der Waals surface area contributed by atoms with Gasteiger partial charge in [-0.3, -0.25) is 0 Å². The lowest BCUT2D eigenvalue weighted by molar-refractivity contribution is 0.209. The van der Waals surface area contributed by atoms with E-state index in [9.17, 15) is 4.79 Å². The predicted octanol–water partition coefficient (Wildman–Crippen LogP) is 3.35. The normalized spacial score (nSPS) is 14.0. The summed E-state index contributed by atoms with van der Waals surface area (Å²) in [5.74, 6) is 1.51. The fourth-order valence-electron chi connectivity index (χ4n) is 2.03. The second kappa shape index (κ2) is 6.45. The second-order valence-electron chi connectivity index (χ2n) is 5.05. The van der Waals surface area contributed by atoms with Crippen LogP contribution in [0.25, 0.3) is 0 Å². The standard InChI is InChI=1S/C15H22N2O2/c1-3-10-17(11-12-4-5-12)15(18)16-13-6-8-14(19-2)9-7-13/h6-9,12H,3-5,10-11H2,1-2H3,(H,16,18). The molecule has 19 heavy (non-hydrogen) atoms. The first-order chi connectivity index (χ1) is 9.22. The summed E-state index contributed by atoms with van der Waals surface area (Å²) >= 11 is 0. The van der Waals surface area contributed by atoms with Gasteiger partial charge in [-0.2, -0.15) is 0 Å². The molecule has 0 saturated heterocycles. The van der Waals surface area contributed by atoms with Crippen LogP contribution in [0.5, 0.6) is 5.75 Å². The highest BCUT2D eigenvalue weighted by molar-refractivity contribution is 5.89. The number of urea groups is 1. The number of carbonyl (C=O) groups excluding carboxylic acids is 1. The van der Waals surface area contributed by atoms with Gasteiger partial charge in [0.1, 0.15) is 5.75 Å². The highest BCUT2D eigenvalue weighted by atomic mass is 16.5. The summed E-state index contributed by atoms with van der Waals surface area (Å²) in [6.07, 6.45) is 3.51. The fraction of sp³-hybridized carbons (Fsp3) is 0.533. The summed E-state index contributed by atoms with van der Waals surface area (Å²) in [7, 11) is 1.63. The minimum Gasteiger partial charge on any atom is -0.497 e. The van der Waals surface area contributed by atoms with Crippen molar-refractivity contribution in [2.24, 2.45) is 5.92 Å². The molecule has 0 bridgehead atoms. The van der Waals surface area contributed by atoms with E-state index < -0.39 is 0 Å². The summed E-state index contributed by atoms with van der Waals surface area (Å²) < 4.78 is 5.10. The molecule has 0 heterocycles. The Balaban J connectivity index is 1.92. The van der Waals surface area contributed by atoms with Crippen LogP contribution in [-0.2, 0) is 0 Å². The van der Waals surface area contributed by atoms with Crippen LogP contribution < -0.4 is 10.1 Å². The van der Waals surface area contributed by atoms with E-state index in [0.29, 0.717) is 5.92 Å². The minimum absolute atomic E-state index is 0.00100. The Bertz CT molecular complexity index is 413. The third-order valence-electron chi connectivity index (χ3n) is 3.30. The van der Waals surface area contributed by atoms with Gasteiger partial charge in [0.25, 0.3) is 0 Å². The zero-order valence-electron chi connectivity index (χ0n) is 11.7. The lowest BCUT2D eigenvalue weighted by atomic mass is 10.3. The summed E-state index contributed by atoms with van der Waals surface area (Å²) in [6, 6.07) is 7.41. The van der Waals surface area contributed by atoms with E-state index in [4.69, 9.17) is 4.74 Å². The number of ether oxygens (including phenoxy) is 1. The number of hydrogen-bond donors (Lipinski definition) is 1. The van der Waals surface area contributed by atoms with Crippen molar-refractivity contribution in [1.29, 1.82) is 0 Å². The summed E-state index contributed by atoms with van der Waals surface area (Å²) in [5.41, 5.74) is 0.808. The maximum absolute atomic E-state index is 12.2. The third-order valence-corrected chi connectivity index (χ3v) is 3.30. The molecule has 1 fully saturated rings. The van der Waals surface area contributed by atoms with Gasteiger partial charge >= 0.3 is 6.03 Å². The van der Waals surface area contributed by atoms with E-state index >= 15 is 0 Å². The smallest absolute Gasteiger partial charge is 0.321 e. The predicted molar refractivity (Wildman–Crippen MR) is 76.6 cm³/mol. The number of hydrogen-bond acceptors (Lipinski definition) is 2. The van der Waals surface area contributed by atoms with E-state index in [0.717, 1.165) is 30.9 Å². The van der Waals surface area contributed by atoms with Crippen LogP contribution in [0.2, 0.25) is 0 Å².